The summed E-state index contributed by atoms with van der Waals surface area (Å²) in [7, 11) is 0. The van der Waals surface area contributed by atoms with E-state index in [4.69, 9.17) is 0 Å². The van der Waals surface area contributed by atoms with Crippen LogP contribution >= 0.6 is 0 Å². The molecule has 0 nitrogen and oxygen atoms in total. The molecular weight excluding hydrogens is 168 g/mol. The molecule has 0 saturated carbocycles. The molecule has 0 aliphatic rings. The fraction of sp³-hybridized carbons (Fsp3) is 0.286. The van der Waals surface area contributed by atoms with Crippen LogP contribution in [-0.4, -0.2) is 0 Å². The Balaban J connectivity index is 2.66. The molecule has 0 radical (unpaired) electrons. The van der Waals surface area contributed by atoms with Crippen molar-refractivity contribution in [1.29, 1.82) is 0 Å². The molecular formula is C14H18. The van der Waals surface area contributed by atoms with Crippen LogP contribution in [0.25, 0.3) is 5.57 Å². The van der Waals surface area contributed by atoms with Crippen LogP contribution in [-0.2, 0) is 0 Å². The van der Waals surface area contributed by atoms with Crippen molar-refractivity contribution in [2.75, 3.05) is 0 Å². The number of hydrogen-bond acceptors (Lipinski definition) is 0. The van der Waals surface area contributed by atoms with Crippen molar-refractivity contribution in [2.24, 2.45) is 5.92 Å². The summed E-state index contributed by atoms with van der Waals surface area (Å²) in [5, 5.41) is 0. The van der Waals surface area contributed by atoms with Gasteiger partial charge in [0, 0.05) is 0 Å². The maximum Gasteiger partial charge on any atom is -0.0230 e. The lowest BCUT2D eigenvalue weighted by Crippen LogP contribution is -1.86. The molecule has 0 aliphatic heterocycles. The second-order valence-electron chi connectivity index (χ2n) is 3.70. The largest absolute Gasteiger partial charge is 0.103 e. The van der Waals surface area contributed by atoms with Gasteiger partial charge in [-0.1, -0.05) is 49.4 Å². The molecule has 0 amide bonds. The minimum atomic E-state index is 0.564. The second kappa shape index (κ2) is 5.43. The SMILES string of the molecule is C=C[C@@H](C)C/C=C(\C)c1ccccc1. The van der Waals surface area contributed by atoms with Gasteiger partial charge in [-0.3, -0.25) is 0 Å². The van der Waals surface area contributed by atoms with E-state index in [1.165, 1.54) is 11.1 Å². The fourth-order valence-corrected chi connectivity index (χ4v) is 1.28. The lowest BCUT2D eigenvalue weighted by Gasteiger charge is -2.03. The van der Waals surface area contributed by atoms with Gasteiger partial charge in [0.05, 0.1) is 0 Å². The molecule has 0 unspecified atom stereocenters. The van der Waals surface area contributed by atoms with Crippen LogP contribution < -0.4 is 0 Å². The predicted molar refractivity (Wildman–Crippen MR) is 64.1 cm³/mol. The van der Waals surface area contributed by atoms with Crippen LogP contribution in [0, 0.1) is 5.92 Å². The summed E-state index contributed by atoms with van der Waals surface area (Å²) in [4.78, 5) is 0. The third-order valence-corrected chi connectivity index (χ3v) is 2.43. The maximum absolute atomic E-state index is 3.78. The van der Waals surface area contributed by atoms with Gasteiger partial charge in [0.1, 0.15) is 0 Å². The summed E-state index contributed by atoms with van der Waals surface area (Å²) in [6, 6.07) is 10.5. The molecule has 0 fully saturated rings. The molecule has 0 spiro atoms. The van der Waals surface area contributed by atoms with Crippen LogP contribution in [0.5, 0.6) is 0 Å². The van der Waals surface area contributed by atoms with E-state index in [1.54, 1.807) is 0 Å². The Morgan fingerprint density at radius 1 is 1.36 bits per heavy atom. The average molecular weight is 186 g/mol. The Bertz CT molecular complexity index is 306. The third-order valence-electron chi connectivity index (χ3n) is 2.43. The number of hydrogen-bond donors (Lipinski definition) is 0. The quantitative estimate of drug-likeness (QED) is 0.615. The first kappa shape index (κ1) is 10.8. The van der Waals surface area contributed by atoms with Gasteiger partial charge in [0.15, 0.2) is 0 Å². The minimum absolute atomic E-state index is 0.564. The van der Waals surface area contributed by atoms with Gasteiger partial charge in [0.25, 0.3) is 0 Å². The Morgan fingerprint density at radius 3 is 2.57 bits per heavy atom. The monoisotopic (exact) mass is 186 g/mol. The molecule has 74 valence electrons. The molecule has 0 bridgehead atoms. The molecule has 1 rings (SSSR count). The van der Waals surface area contributed by atoms with E-state index in [0.29, 0.717) is 5.92 Å². The lowest BCUT2D eigenvalue weighted by molar-refractivity contribution is 0.747. The van der Waals surface area contributed by atoms with Crippen LogP contribution in [0.15, 0.2) is 49.1 Å². The topological polar surface area (TPSA) is 0 Å². The highest BCUT2D eigenvalue weighted by Crippen LogP contribution is 2.15. The van der Waals surface area contributed by atoms with Gasteiger partial charge in [-0.2, -0.15) is 0 Å². The van der Waals surface area contributed by atoms with E-state index in [9.17, 15) is 0 Å². The Morgan fingerprint density at radius 2 is 2.00 bits per heavy atom. The molecule has 1 aromatic carbocycles. The van der Waals surface area contributed by atoms with Gasteiger partial charge in [-0.05, 0) is 30.4 Å². The first-order valence-corrected chi connectivity index (χ1v) is 5.08. The zero-order valence-corrected chi connectivity index (χ0v) is 9.03. The Hall–Kier alpha value is -1.30. The van der Waals surface area contributed by atoms with Crippen molar-refractivity contribution in [2.45, 2.75) is 20.3 Å². The summed E-state index contributed by atoms with van der Waals surface area (Å²) in [5.74, 6) is 0.564. The van der Waals surface area contributed by atoms with E-state index in [1.807, 2.05) is 12.1 Å². The number of benzene rings is 1. The van der Waals surface area contributed by atoms with E-state index >= 15 is 0 Å². The highest BCUT2D eigenvalue weighted by molar-refractivity contribution is 5.63. The summed E-state index contributed by atoms with van der Waals surface area (Å²) in [5.41, 5.74) is 2.66. The molecule has 0 N–H and O–H groups in total. The Kier molecular flexibility index (Phi) is 4.18. The van der Waals surface area contributed by atoms with E-state index in [0.717, 1.165) is 6.42 Å². The summed E-state index contributed by atoms with van der Waals surface area (Å²) >= 11 is 0. The van der Waals surface area contributed by atoms with Crippen molar-refractivity contribution in [3.05, 3.63) is 54.6 Å². The first-order chi connectivity index (χ1) is 6.74. The van der Waals surface area contributed by atoms with Crippen LogP contribution in [0.3, 0.4) is 0 Å². The van der Waals surface area contributed by atoms with Gasteiger partial charge >= 0.3 is 0 Å². The zero-order chi connectivity index (χ0) is 10.4. The zero-order valence-electron chi connectivity index (χ0n) is 9.03. The second-order valence-corrected chi connectivity index (χ2v) is 3.70. The van der Waals surface area contributed by atoms with Crippen molar-refractivity contribution in [3.63, 3.8) is 0 Å². The highest BCUT2D eigenvalue weighted by atomic mass is 14.0. The van der Waals surface area contributed by atoms with Crippen LogP contribution in [0.2, 0.25) is 0 Å². The summed E-state index contributed by atoms with van der Waals surface area (Å²) < 4.78 is 0. The maximum atomic E-state index is 3.78. The molecule has 0 saturated heterocycles. The first-order valence-electron chi connectivity index (χ1n) is 5.08. The highest BCUT2D eigenvalue weighted by Gasteiger charge is 1.95. The lowest BCUT2D eigenvalue weighted by atomic mass is 10.0. The van der Waals surface area contributed by atoms with Crippen molar-refractivity contribution in [3.8, 4) is 0 Å². The predicted octanol–water partition coefficient (Wildman–Crippen LogP) is 4.30. The van der Waals surface area contributed by atoms with E-state index < -0.39 is 0 Å². The average Bonchev–Trinajstić information content (AvgIpc) is 2.26. The van der Waals surface area contributed by atoms with E-state index in [-0.39, 0.29) is 0 Å². The standard InChI is InChI=1S/C14H18/c1-4-12(2)10-11-13(3)14-8-6-5-7-9-14/h4-9,11-12H,1,10H2,2-3H3/b13-11+/t12-/m1/s1. The Labute approximate surface area is 87.0 Å². The van der Waals surface area contributed by atoms with E-state index in [2.05, 4.69) is 50.8 Å². The van der Waals surface area contributed by atoms with Crippen LogP contribution in [0.1, 0.15) is 25.8 Å². The smallest absolute Gasteiger partial charge is 0.0230 e. The minimum Gasteiger partial charge on any atom is -0.103 e. The van der Waals surface area contributed by atoms with Crippen molar-refractivity contribution >= 4 is 5.57 Å². The molecule has 0 aromatic heterocycles. The molecule has 0 heterocycles. The normalized spacial score (nSPS) is 13.7. The number of allylic oxidation sites excluding steroid dienone is 3. The van der Waals surface area contributed by atoms with Crippen LogP contribution in [0.4, 0.5) is 0 Å². The molecule has 0 aliphatic carbocycles. The number of rotatable bonds is 4. The molecule has 14 heavy (non-hydrogen) atoms. The summed E-state index contributed by atoms with van der Waals surface area (Å²) in [6.07, 6.45) is 5.35. The molecule has 1 atom stereocenters. The molecule has 0 heteroatoms. The fourth-order valence-electron chi connectivity index (χ4n) is 1.28. The van der Waals surface area contributed by atoms with Crippen molar-refractivity contribution in [1.82, 2.24) is 0 Å². The van der Waals surface area contributed by atoms with Gasteiger partial charge in [0.2, 0.25) is 0 Å². The van der Waals surface area contributed by atoms with Gasteiger partial charge in [-0.25, -0.2) is 0 Å². The van der Waals surface area contributed by atoms with Gasteiger partial charge < -0.3 is 0 Å². The van der Waals surface area contributed by atoms with Crippen molar-refractivity contribution < 1.29 is 0 Å². The third kappa shape index (κ3) is 3.21. The summed E-state index contributed by atoms with van der Waals surface area (Å²) in [6.45, 7) is 8.12. The molecule has 1 aromatic rings. The van der Waals surface area contributed by atoms with Gasteiger partial charge in [-0.15, -0.1) is 6.58 Å².